The zero-order valence-corrected chi connectivity index (χ0v) is 27.0. The molecule has 0 aliphatic carbocycles. The highest BCUT2D eigenvalue weighted by molar-refractivity contribution is 5.94. The van der Waals surface area contributed by atoms with Gasteiger partial charge in [0.2, 0.25) is 5.65 Å². The summed E-state index contributed by atoms with van der Waals surface area (Å²) >= 11 is 0. The average molecular weight is 620 g/mol. The Morgan fingerprint density at radius 3 is 2.39 bits per heavy atom. The number of rotatable bonds is 11. The standard InChI is InChI=1S/C34H41N11O/c1-5-25(22-45-33-32(40-41-45)37-21-30(39-33)29-20-38-43(4)23-29)8-6-7-24(2)17-31-35-18-28(19-36-31)26-9-11-27(12-10-26)34(46)44-15-13-42(3)14-16-44/h9-12,17-21,23,25H,5-8,13-16,22H2,1-4H3/b24-17-. The molecule has 0 N–H and O–H groups in total. The summed E-state index contributed by atoms with van der Waals surface area (Å²) in [6.45, 7) is 8.45. The maximum atomic E-state index is 12.9. The van der Waals surface area contributed by atoms with Crippen molar-refractivity contribution in [3.63, 3.8) is 0 Å². The van der Waals surface area contributed by atoms with Gasteiger partial charge < -0.3 is 9.80 Å². The fraction of sp³-hybridized carbons (Fsp3) is 0.412. The summed E-state index contributed by atoms with van der Waals surface area (Å²) in [5.74, 6) is 1.24. The second-order valence-corrected chi connectivity index (χ2v) is 12.2. The highest BCUT2D eigenvalue weighted by atomic mass is 16.2. The summed E-state index contributed by atoms with van der Waals surface area (Å²) in [6, 6.07) is 7.74. The number of amides is 1. The van der Waals surface area contributed by atoms with Crippen LogP contribution < -0.4 is 0 Å². The van der Waals surface area contributed by atoms with Crippen LogP contribution in [0.3, 0.4) is 0 Å². The largest absolute Gasteiger partial charge is 0.336 e. The molecule has 1 aliphatic rings. The fourth-order valence-electron chi connectivity index (χ4n) is 5.76. The smallest absolute Gasteiger partial charge is 0.253 e. The lowest BCUT2D eigenvalue weighted by molar-refractivity contribution is 0.0664. The molecule has 0 spiro atoms. The van der Waals surface area contributed by atoms with E-state index < -0.39 is 0 Å². The molecule has 1 amide bonds. The van der Waals surface area contributed by atoms with Gasteiger partial charge in [-0.3, -0.25) is 9.48 Å². The first-order chi connectivity index (χ1) is 22.4. The van der Waals surface area contributed by atoms with E-state index in [2.05, 4.69) is 62.2 Å². The van der Waals surface area contributed by atoms with E-state index in [1.807, 2.05) is 59.5 Å². The molecule has 0 saturated carbocycles. The van der Waals surface area contributed by atoms with E-state index in [9.17, 15) is 4.79 Å². The maximum absolute atomic E-state index is 12.9. The summed E-state index contributed by atoms with van der Waals surface area (Å²) < 4.78 is 3.63. The Kier molecular flexibility index (Phi) is 9.53. The molecule has 5 aromatic rings. The maximum Gasteiger partial charge on any atom is 0.253 e. The fourth-order valence-corrected chi connectivity index (χ4v) is 5.76. The Balaban J connectivity index is 1.01. The Morgan fingerprint density at radius 2 is 1.70 bits per heavy atom. The third kappa shape index (κ3) is 7.34. The lowest BCUT2D eigenvalue weighted by Gasteiger charge is -2.32. The van der Waals surface area contributed by atoms with E-state index in [1.165, 1.54) is 5.57 Å². The summed E-state index contributed by atoms with van der Waals surface area (Å²) in [4.78, 5) is 35.5. The van der Waals surface area contributed by atoms with Gasteiger partial charge >= 0.3 is 0 Å². The SMILES string of the molecule is CCC(CCC/C(C)=C\c1ncc(-c2ccc(C(=O)N3CCN(C)CC3)cc2)cn1)Cn1nnc2ncc(-c3cnn(C)c3)nc21. The molecule has 1 saturated heterocycles. The number of carbonyl (C=O) groups is 1. The number of nitrogens with zero attached hydrogens (tertiary/aromatic N) is 11. The summed E-state index contributed by atoms with van der Waals surface area (Å²) in [5, 5.41) is 12.8. The normalized spacial score (nSPS) is 15.0. The van der Waals surface area contributed by atoms with E-state index in [4.69, 9.17) is 4.98 Å². The lowest BCUT2D eigenvalue weighted by atomic mass is 9.97. The van der Waals surface area contributed by atoms with Gasteiger partial charge in [-0.05, 0) is 62.9 Å². The zero-order valence-electron chi connectivity index (χ0n) is 27.0. The Labute approximate surface area is 269 Å². The van der Waals surface area contributed by atoms with Gasteiger partial charge in [0.05, 0.1) is 18.1 Å². The molecule has 4 aromatic heterocycles. The first-order valence-electron chi connectivity index (χ1n) is 16.0. The third-order valence-electron chi connectivity index (χ3n) is 8.72. The van der Waals surface area contributed by atoms with Crippen LogP contribution in [0, 0.1) is 5.92 Å². The van der Waals surface area contributed by atoms with Crippen molar-refractivity contribution in [2.75, 3.05) is 33.2 Å². The number of piperazine rings is 1. The van der Waals surface area contributed by atoms with Crippen LogP contribution in [0.5, 0.6) is 0 Å². The molecule has 238 valence electrons. The number of fused-ring (bicyclic) bond motifs is 1. The number of carbonyl (C=O) groups excluding carboxylic acids is 1. The number of allylic oxidation sites excluding steroid dienone is 1. The monoisotopic (exact) mass is 619 g/mol. The molecule has 12 nitrogen and oxygen atoms in total. The second kappa shape index (κ2) is 14.1. The molecule has 0 bridgehead atoms. The topological polar surface area (TPSA) is 124 Å². The predicted molar refractivity (Wildman–Crippen MR) is 177 cm³/mol. The Hall–Kier alpha value is -4.84. The van der Waals surface area contributed by atoms with Crippen molar-refractivity contribution in [3.8, 4) is 22.4 Å². The van der Waals surface area contributed by atoms with Gasteiger partial charge in [-0.15, -0.1) is 5.10 Å². The van der Waals surface area contributed by atoms with Crippen LogP contribution >= 0.6 is 0 Å². The predicted octanol–water partition coefficient (Wildman–Crippen LogP) is 4.77. The Morgan fingerprint density at radius 1 is 0.935 bits per heavy atom. The first kappa shape index (κ1) is 31.2. The van der Waals surface area contributed by atoms with Crippen molar-refractivity contribution in [2.24, 2.45) is 13.0 Å². The summed E-state index contributed by atoms with van der Waals surface area (Å²) in [7, 11) is 3.97. The van der Waals surface area contributed by atoms with Gasteiger partial charge in [-0.1, -0.05) is 36.3 Å². The van der Waals surface area contributed by atoms with Crippen molar-refractivity contribution in [3.05, 3.63) is 72.2 Å². The van der Waals surface area contributed by atoms with Crippen LogP contribution in [-0.2, 0) is 13.6 Å². The van der Waals surface area contributed by atoms with E-state index >= 15 is 0 Å². The number of hydrogen-bond acceptors (Lipinski definition) is 9. The van der Waals surface area contributed by atoms with Crippen molar-refractivity contribution < 1.29 is 4.79 Å². The molecule has 1 fully saturated rings. The zero-order chi connectivity index (χ0) is 32.0. The van der Waals surface area contributed by atoms with Gasteiger partial charge in [-0.25, -0.2) is 24.6 Å². The first-order valence-corrected chi connectivity index (χ1v) is 16.0. The number of benzene rings is 1. The quantitative estimate of drug-likeness (QED) is 0.206. The Bertz CT molecular complexity index is 1800. The van der Waals surface area contributed by atoms with E-state index in [-0.39, 0.29) is 5.91 Å². The van der Waals surface area contributed by atoms with Gasteiger partial charge in [0.25, 0.3) is 5.91 Å². The molecule has 0 radical (unpaired) electrons. The number of likely N-dealkylation sites (N-methyl/N-ethyl adjacent to an activating group) is 1. The minimum atomic E-state index is 0.0914. The van der Waals surface area contributed by atoms with Gasteiger partial charge in [0.1, 0.15) is 0 Å². The molecule has 1 aliphatic heterocycles. The molecule has 6 rings (SSSR count). The van der Waals surface area contributed by atoms with Gasteiger partial charge in [-0.2, -0.15) is 5.10 Å². The number of aromatic nitrogens is 9. The molecule has 12 heteroatoms. The summed E-state index contributed by atoms with van der Waals surface area (Å²) in [6.07, 6.45) is 15.3. The minimum Gasteiger partial charge on any atom is -0.336 e. The molecular formula is C34H41N11O. The van der Waals surface area contributed by atoms with Crippen LogP contribution in [0.2, 0.25) is 0 Å². The third-order valence-corrected chi connectivity index (χ3v) is 8.72. The second-order valence-electron chi connectivity index (χ2n) is 12.2. The highest BCUT2D eigenvalue weighted by Crippen LogP contribution is 2.23. The lowest BCUT2D eigenvalue weighted by Crippen LogP contribution is -2.47. The van der Waals surface area contributed by atoms with Gasteiger partial charge in [0, 0.05) is 75.1 Å². The van der Waals surface area contributed by atoms with Crippen molar-refractivity contribution in [1.82, 2.24) is 54.5 Å². The van der Waals surface area contributed by atoms with Crippen LogP contribution in [0.25, 0.3) is 39.8 Å². The minimum absolute atomic E-state index is 0.0914. The van der Waals surface area contributed by atoms with Crippen molar-refractivity contribution >= 4 is 23.3 Å². The van der Waals surface area contributed by atoms with Gasteiger partial charge in [0.15, 0.2) is 11.5 Å². The number of aryl methyl sites for hydroxylation is 1. The molecular weight excluding hydrogens is 578 g/mol. The number of hydrogen-bond donors (Lipinski definition) is 0. The average Bonchev–Trinajstić information content (AvgIpc) is 3.70. The van der Waals surface area contributed by atoms with E-state index in [0.29, 0.717) is 28.6 Å². The van der Waals surface area contributed by atoms with Crippen molar-refractivity contribution in [2.45, 2.75) is 46.1 Å². The molecule has 46 heavy (non-hydrogen) atoms. The molecule has 1 atom stereocenters. The van der Waals surface area contributed by atoms with Crippen LogP contribution in [0.4, 0.5) is 0 Å². The molecule has 1 unspecified atom stereocenters. The molecule has 5 heterocycles. The summed E-state index contributed by atoms with van der Waals surface area (Å²) in [5.41, 5.74) is 6.82. The van der Waals surface area contributed by atoms with Crippen molar-refractivity contribution in [1.29, 1.82) is 0 Å². The molecule has 1 aromatic carbocycles. The van der Waals surface area contributed by atoms with Crippen LogP contribution in [-0.4, -0.2) is 93.6 Å². The highest BCUT2D eigenvalue weighted by Gasteiger charge is 2.20. The van der Waals surface area contributed by atoms with E-state index in [1.54, 1.807) is 17.1 Å². The van der Waals surface area contributed by atoms with Crippen LogP contribution in [0.1, 0.15) is 55.7 Å². The van der Waals surface area contributed by atoms with E-state index in [0.717, 1.165) is 80.8 Å². The van der Waals surface area contributed by atoms with Crippen LogP contribution in [0.15, 0.2) is 60.8 Å².